The molecule has 0 radical (unpaired) electrons. The first kappa shape index (κ1) is 13.7. The molecule has 1 nitrogen and oxygen atoms in total. The van der Waals surface area contributed by atoms with Crippen molar-refractivity contribution in [2.45, 2.75) is 25.7 Å². The third-order valence-electron chi connectivity index (χ3n) is 4.37. The first-order chi connectivity index (χ1) is 9.65. The van der Waals surface area contributed by atoms with Crippen molar-refractivity contribution in [2.24, 2.45) is 0 Å². The molecule has 0 aliphatic rings. The zero-order chi connectivity index (χ0) is 14.2. The Morgan fingerprint density at radius 3 is 2.45 bits per heavy atom. The van der Waals surface area contributed by atoms with Crippen LogP contribution in [0.4, 0.5) is 0 Å². The maximum absolute atomic E-state index is 3.41. The molecule has 0 fully saturated rings. The number of H-pyrrole nitrogens is 1. The highest BCUT2D eigenvalue weighted by Crippen LogP contribution is 2.39. The molecule has 2 aromatic carbocycles. The van der Waals surface area contributed by atoms with Crippen LogP contribution in [0.5, 0.6) is 0 Å². The second-order valence-electron chi connectivity index (χ2n) is 5.44. The second kappa shape index (κ2) is 5.24. The van der Waals surface area contributed by atoms with Gasteiger partial charge in [-0.25, -0.2) is 0 Å². The van der Waals surface area contributed by atoms with E-state index in [0.717, 1.165) is 6.42 Å². The quantitative estimate of drug-likeness (QED) is 0.583. The van der Waals surface area contributed by atoms with Gasteiger partial charge in [-0.2, -0.15) is 0 Å². The highest BCUT2D eigenvalue weighted by molar-refractivity contribution is 14.1. The minimum Gasteiger partial charge on any atom is -0.361 e. The molecular weight excluding hydrogens is 357 g/mol. The van der Waals surface area contributed by atoms with Gasteiger partial charge in [-0.1, -0.05) is 44.2 Å². The van der Waals surface area contributed by atoms with Crippen molar-refractivity contribution >= 4 is 33.5 Å². The van der Waals surface area contributed by atoms with E-state index in [-0.39, 0.29) is 5.41 Å². The molecule has 0 amide bonds. The third-order valence-corrected chi connectivity index (χ3v) is 5.09. The number of nitrogens with one attached hydrogen (secondary N) is 1. The minimum atomic E-state index is 0.0456. The summed E-state index contributed by atoms with van der Waals surface area (Å²) in [4.78, 5) is 3.41. The van der Waals surface area contributed by atoms with Crippen molar-refractivity contribution in [3.8, 4) is 0 Å². The Bertz CT molecular complexity index is 727. The molecule has 0 saturated heterocycles. The number of fused-ring (bicyclic) bond motifs is 1. The van der Waals surface area contributed by atoms with Crippen LogP contribution in [-0.4, -0.2) is 4.98 Å². The highest BCUT2D eigenvalue weighted by atomic mass is 127. The standard InChI is InChI=1S/C18H18IN/c1-3-18(2,13-8-10-14(19)11-9-13)16-12-20-17-7-5-4-6-15(16)17/h4-12,20H,3H2,1-2H3. The molecule has 0 aliphatic carbocycles. The summed E-state index contributed by atoms with van der Waals surface area (Å²) in [5.41, 5.74) is 4.03. The van der Waals surface area contributed by atoms with Gasteiger partial charge in [0.15, 0.2) is 0 Å². The van der Waals surface area contributed by atoms with E-state index in [1.165, 1.54) is 25.6 Å². The lowest BCUT2D eigenvalue weighted by Gasteiger charge is -2.29. The molecule has 20 heavy (non-hydrogen) atoms. The van der Waals surface area contributed by atoms with Gasteiger partial charge in [0.05, 0.1) is 0 Å². The van der Waals surface area contributed by atoms with E-state index in [1.807, 2.05) is 0 Å². The molecule has 3 rings (SSSR count). The molecule has 102 valence electrons. The first-order valence-corrected chi connectivity index (χ1v) is 8.05. The van der Waals surface area contributed by atoms with Crippen molar-refractivity contribution in [2.75, 3.05) is 0 Å². The smallest absolute Gasteiger partial charge is 0.0457 e. The van der Waals surface area contributed by atoms with Crippen LogP contribution in [0, 0.1) is 3.57 Å². The van der Waals surface area contributed by atoms with E-state index in [2.05, 4.69) is 96.2 Å². The molecule has 1 atom stereocenters. The highest BCUT2D eigenvalue weighted by Gasteiger charge is 2.29. The molecule has 0 saturated carbocycles. The topological polar surface area (TPSA) is 15.8 Å². The molecule has 1 aromatic heterocycles. The van der Waals surface area contributed by atoms with Crippen LogP contribution in [0.25, 0.3) is 10.9 Å². The maximum Gasteiger partial charge on any atom is 0.0457 e. The predicted molar refractivity (Wildman–Crippen MR) is 94.2 cm³/mol. The molecule has 0 bridgehead atoms. The Morgan fingerprint density at radius 2 is 1.75 bits per heavy atom. The van der Waals surface area contributed by atoms with Gasteiger partial charge < -0.3 is 4.98 Å². The van der Waals surface area contributed by atoms with Gasteiger partial charge >= 0.3 is 0 Å². The van der Waals surface area contributed by atoms with Gasteiger partial charge in [0.25, 0.3) is 0 Å². The molecule has 0 aliphatic heterocycles. The van der Waals surface area contributed by atoms with Crippen LogP contribution in [0.15, 0.2) is 54.7 Å². The normalized spacial score (nSPS) is 14.3. The van der Waals surface area contributed by atoms with Crippen molar-refractivity contribution in [3.63, 3.8) is 0 Å². The lowest BCUT2D eigenvalue weighted by Crippen LogP contribution is -2.22. The first-order valence-electron chi connectivity index (χ1n) is 6.98. The van der Waals surface area contributed by atoms with Gasteiger partial charge in [-0.05, 0) is 58.3 Å². The molecule has 1 unspecified atom stereocenters. The molecule has 1 heterocycles. The lowest BCUT2D eigenvalue weighted by atomic mass is 9.74. The van der Waals surface area contributed by atoms with Gasteiger partial charge in [-0.15, -0.1) is 0 Å². The Labute approximate surface area is 133 Å². The van der Waals surface area contributed by atoms with E-state index < -0.39 is 0 Å². The van der Waals surface area contributed by atoms with Gasteiger partial charge in [0.2, 0.25) is 0 Å². The molecular formula is C18H18IN. The number of halogens is 1. The number of hydrogen-bond donors (Lipinski definition) is 1. The summed E-state index contributed by atoms with van der Waals surface area (Å²) in [7, 11) is 0. The van der Waals surface area contributed by atoms with E-state index in [4.69, 9.17) is 0 Å². The van der Waals surface area contributed by atoms with E-state index >= 15 is 0 Å². The lowest BCUT2D eigenvalue weighted by molar-refractivity contribution is 0.554. The van der Waals surface area contributed by atoms with Crippen LogP contribution in [0.1, 0.15) is 31.4 Å². The van der Waals surface area contributed by atoms with Gasteiger partial charge in [-0.3, -0.25) is 0 Å². The zero-order valence-electron chi connectivity index (χ0n) is 11.8. The van der Waals surface area contributed by atoms with Crippen LogP contribution in [0.2, 0.25) is 0 Å². The number of benzene rings is 2. The fourth-order valence-corrected chi connectivity index (χ4v) is 3.26. The zero-order valence-corrected chi connectivity index (χ0v) is 13.9. The Balaban J connectivity index is 2.19. The van der Waals surface area contributed by atoms with Crippen LogP contribution >= 0.6 is 22.6 Å². The SMILES string of the molecule is CCC(C)(c1ccc(I)cc1)c1c[nH]c2ccccc12. The number of hydrogen-bond acceptors (Lipinski definition) is 0. The minimum absolute atomic E-state index is 0.0456. The fourth-order valence-electron chi connectivity index (χ4n) is 2.90. The average molecular weight is 375 g/mol. The van der Waals surface area contributed by atoms with Crippen LogP contribution < -0.4 is 0 Å². The Hall–Kier alpha value is -1.29. The summed E-state index contributed by atoms with van der Waals surface area (Å²) in [5.74, 6) is 0. The maximum atomic E-state index is 3.41. The fraction of sp³-hybridized carbons (Fsp3) is 0.222. The van der Waals surface area contributed by atoms with Gasteiger partial charge in [0, 0.05) is 26.1 Å². The summed E-state index contributed by atoms with van der Waals surface area (Å²) in [6, 6.07) is 17.4. The molecule has 0 spiro atoms. The number of aromatic nitrogens is 1. The largest absolute Gasteiger partial charge is 0.361 e. The van der Waals surface area contributed by atoms with E-state index in [9.17, 15) is 0 Å². The summed E-state index contributed by atoms with van der Waals surface area (Å²) < 4.78 is 1.28. The average Bonchev–Trinajstić information content (AvgIpc) is 2.91. The number of rotatable bonds is 3. The van der Waals surface area contributed by atoms with Crippen molar-refractivity contribution in [3.05, 3.63) is 69.4 Å². The van der Waals surface area contributed by atoms with Crippen molar-refractivity contribution in [1.82, 2.24) is 4.98 Å². The molecule has 1 N–H and O–H groups in total. The Morgan fingerprint density at radius 1 is 1.05 bits per heavy atom. The summed E-state index contributed by atoms with van der Waals surface area (Å²) in [6.07, 6.45) is 3.25. The summed E-state index contributed by atoms with van der Waals surface area (Å²) in [5, 5.41) is 1.33. The molecule has 3 aromatic rings. The van der Waals surface area contributed by atoms with Crippen LogP contribution in [0.3, 0.4) is 0 Å². The van der Waals surface area contributed by atoms with Crippen LogP contribution in [-0.2, 0) is 5.41 Å². The van der Waals surface area contributed by atoms with E-state index in [1.54, 1.807) is 0 Å². The van der Waals surface area contributed by atoms with Gasteiger partial charge in [0.1, 0.15) is 0 Å². The van der Waals surface area contributed by atoms with Crippen molar-refractivity contribution in [1.29, 1.82) is 0 Å². The Kier molecular flexibility index (Phi) is 3.59. The van der Waals surface area contributed by atoms with Crippen molar-refractivity contribution < 1.29 is 0 Å². The predicted octanol–water partition coefficient (Wildman–Crippen LogP) is 5.49. The number of para-hydroxylation sites is 1. The summed E-state index contributed by atoms with van der Waals surface area (Å²) in [6.45, 7) is 4.60. The monoisotopic (exact) mass is 375 g/mol. The molecule has 2 heteroatoms. The second-order valence-corrected chi connectivity index (χ2v) is 6.69. The summed E-state index contributed by atoms with van der Waals surface area (Å²) >= 11 is 2.36. The van der Waals surface area contributed by atoms with E-state index in [0.29, 0.717) is 0 Å². The third kappa shape index (κ3) is 2.16. The number of aromatic amines is 1.